The summed E-state index contributed by atoms with van der Waals surface area (Å²) in [7, 11) is 0. The van der Waals surface area contributed by atoms with Crippen LogP contribution in [0.15, 0.2) is 18.2 Å². The van der Waals surface area contributed by atoms with Crippen molar-refractivity contribution in [3.05, 3.63) is 29.6 Å². The van der Waals surface area contributed by atoms with E-state index < -0.39 is 0 Å². The molecule has 20 heavy (non-hydrogen) atoms. The Balaban J connectivity index is 2.21. The minimum atomic E-state index is -0.340. The summed E-state index contributed by atoms with van der Waals surface area (Å²) in [5.41, 5.74) is 0.867. The van der Waals surface area contributed by atoms with Crippen LogP contribution >= 0.6 is 0 Å². The number of halogens is 1. The zero-order chi connectivity index (χ0) is 14.5. The molecule has 0 bridgehead atoms. The topological polar surface area (TPSA) is 43.8 Å². The van der Waals surface area contributed by atoms with Crippen molar-refractivity contribution in [2.24, 2.45) is 0 Å². The van der Waals surface area contributed by atoms with Crippen LogP contribution in [0.4, 0.5) is 10.1 Å². The van der Waals surface area contributed by atoms with E-state index >= 15 is 0 Å². The average molecular weight is 280 g/mol. The first-order chi connectivity index (χ1) is 9.63. The fourth-order valence-corrected chi connectivity index (χ4v) is 2.68. The molecule has 110 valence electrons. The number of β-amino-alcohol motifs (C(OH)–C–C–N with tert-alkyl or cyclic N) is 1. The zero-order valence-electron chi connectivity index (χ0n) is 11.8. The summed E-state index contributed by atoms with van der Waals surface area (Å²) in [4.78, 5) is 15.8. The monoisotopic (exact) mass is 280 g/mol. The van der Waals surface area contributed by atoms with Gasteiger partial charge in [0.2, 0.25) is 0 Å². The van der Waals surface area contributed by atoms with Gasteiger partial charge in [0.1, 0.15) is 5.82 Å². The summed E-state index contributed by atoms with van der Waals surface area (Å²) in [5.74, 6) is -0.454. The number of carbonyl (C=O) groups excluding carboxylic acids is 1. The molecule has 1 aliphatic heterocycles. The molecule has 0 radical (unpaired) electrons. The molecular weight excluding hydrogens is 259 g/mol. The van der Waals surface area contributed by atoms with Gasteiger partial charge in [0.05, 0.1) is 12.3 Å². The zero-order valence-corrected chi connectivity index (χ0v) is 11.8. The molecule has 5 heteroatoms. The number of hydrogen-bond acceptors (Lipinski definition) is 4. The highest BCUT2D eigenvalue weighted by molar-refractivity contribution is 5.99. The normalized spacial score (nSPS) is 17.1. The lowest BCUT2D eigenvalue weighted by molar-refractivity contribution is 0.101. The fourth-order valence-electron chi connectivity index (χ4n) is 2.68. The molecule has 4 nitrogen and oxygen atoms in total. The molecule has 0 saturated carbocycles. The van der Waals surface area contributed by atoms with Crippen LogP contribution in [0.5, 0.6) is 0 Å². The van der Waals surface area contributed by atoms with Crippen LogP contribution in [-0.2, 0) is 0 Å². The second-order valence-corrected chi connectivity index (χ2v) is 5.10. The van der Waals surface area contributed by atoms with E-state index in [1.807, 2.05) is 4.90 Å². The van der Waals surface area contributed by atoms with Crippen molar-refractivity contribution in [3.63, 3.8) is 0 Å². The maximum atomic E-state index is 14.1. The predicted molar refractivity (Wildman–Crippen MR) is 76.8 cm³/mol. The SMILES string of the molecule is CC(=O)c1cccc(F)c1N1CCCN(CCO)CC1. The minimum Gasteiger partial charge on any atom is -0.395 e. The number of carbonyl (C=O) groups is 1. The van der Waals surface area contributed by atoms with Gasteiger partial charge >= 0.3 is 0 Å². The number of ketones is 1. The highest BCUT2D eigenvalue weighted by Crippen LogP contribution is 2.26. The summed E-state index contributed by atoms with van der Waals surface area (Å²) in [6, 6.07) is 4.65. The van der Waals surface area contributed by atoms with Crippen LogP contribution in [0.25, 0.3) is 0 Å². The number of nitrogens with zero attached hydrogens (tertiary/aromatic N) is 2. The highest BCUT2D eigenvalue weighted by Gasteiger charge is 2.21. The van der Waals surface area contributed by atoms with Gasteiger partial charge in [0, 0.05) is 31.7 Å². The smallest absolute Gasteiger partial charge is 0.161 e. The Morgan fingerprint density at radius 2 is 2.10 bits per heavy atom. The lowest BCUT2D eigenvalue weighted by atomic mass is 10.1. The van der Waals surface area contributed by atoms with E-state index in [0.29, 0.717) is 24.3 Å². The minimum absolute atomic E-state index is 0.115. The Morgan fingerprint density at radius 1 is 1.30 bits per heavy atom. The Bertz CT molecular complexity index is 479. The third-order valence-electron chi connectivity index (χ3n) is 3.69. The first-order valence-corrected chi connectivity index (χ1v) is 7.01. The number of benzene rings is 1. The highest BCUT2D eigenvalue weighted by atomic mass is 19.1. The van der Waals surface area contributed by atoms with Crippen molar-refractivity contribution in [2.75, 3.05) is 44.2 Å². The van der Waals surface area contributed by atoms with E-state index in [1.165, 1.54) is 13.0 Å². The lowest BCUT2D eigenvalue weighted by Crippen LogP contribution is -2.33. The number of para-hydroxylation sites is 1. The predicted octanol–water partition coefficient (Wildman–Crippen LogP) is 1.53. The first kappa shape index (κ1) is 14.9. The fraction of sp³-hybridized carbons (Fsp3) is 0.533. The van der Waals surface area contributed by atoms with Crippen LogP contribution < -0.4 is 4.90 Å². The second-order valence-electron chi connectivity index (χ2n) is 5.10. The number of hydrogen-bond donors (Lipinski definition) is 1. The van der Waals surface area contributed by atoms with E-state index in [4.69, 9.17) is 5.11 Å². The van der Waals surface area contributed by atoms with Gasteiger partial charge in [-0.2, -0.15) is 0 Å². The quantitative estimate of drug-likeness (QED) is 0.850. The molecule has 0 amide bonds. The van der Waals surface area contributed by atoms with Crippen molar-refractivity contribution < 1.29 is 14.3 Å². The third kappa shape index (κ3) is 3.35. The Kier molecular flexibility index (Phi) is 5.09. The van der Waals surface area contributed by atoms with Crippen molar-refractivity contribution in [2.45, 2.75) is 13.3 Å². The van der Waals surface area contributed by atoms with Crippen molar-refractivity contribution in [1.82, 2.24) is 4.90 Å². The average Bonchev–Trinajstić information content (AvgIpc) is 2.64. The maximum absolute atomic E-state index is 14.1. The van der Waals surface area contributed by atoms with Crippen molar-refractivity contribution >= 4 is 11.5 Å². The van der Waals surface area contributed by atoms with Gasteiger partial charge in [-0.15, -0.1) is 0 Å². The summed E-state index contributed by atoms with van der Waals surface area (Å²) < 4.78 is 14.1. The molecule has 0 aliphatic carbocycles. The van der Waals surface area contributed by atoms with Crippen LogP contribution in [-0.4, -0.2) is 55.1 Å². The molecule has 0 aromatic heterocycles. The molecule has 2 rings (SSSR count). The van der Waals surface area contributed by atoms with E-state index in [0.717, 1.165) is 26.1 Å². The van der Waals surface area contributed by atoms with E-state index in [2.05, 4.69) is 4.90 Å². The number of aliphatic hydroxyl groups is 1. The molecule has 1 aromatic carbocycles. The van der Waals surface area contributed by atoms with E-state index in [1.54, 1.807) is 12.1 Å². The lowest BCUT2D eigenvalue weighted by Gasteiger charge is -2.25. The summed E-state index contributed by atoms with van der Waals surface area (Å²) in [6.45, 7) is 5.30. The number of Topliss-reactive ketones (excluding diaryl/α,β-unsaturated/α-hetero) is 1. The van der Waals surface area contributed by atoms with Gasteiger partial charge in [-0.3, -0.25) is 9.69 Å². The molecule has 1 fully saturated rings. The molecule has 1 saturated heterocycles. The molecule has 1 aliphatic rings. The van der Waals surface area contributed by atoms with E-state index in [-0.39, 0.29) is 18.2 Å². The number of anilines is 1. The Morgan fingerprint density at radius 3 is 2.80 bits per heavy atom. The standard InChI is InChI=1S/C15H21FN2O2/c1-12(20)13-4-2-5-14(16)15(13)18-7-3-6-17(8-9-18)10-11-19/h2,4-5,19H,3,6-11H2,1H3. The number of aliphatic hydroxyl groups excluding tert-OH is 1. The summed E-state index contributed by atoms with van der Waals surface area (Å²) in [5, 5.41) is 8.99. The van der Waals surface area contributed by atoms with Gasteiger partial charge in [-0.1, -0.05) is 6.07 Å². The molecular formula is C15H21FN2O2. The molecule has 0 atom stereocenters. The molecule has 1 heterocycles. The molecule has 0 spiro atoms. The van der Waals surface area contributed by atoms with Crippen LogP contribution in [0.3, 0.4) is 0 Å². The summed E-state index contributed by atoms with van der Waals surface area (Å²) in [6.07, 6.45) is 0.895. The molecule has 1 N–H and O–H groups in total. The molecule has 1 aromatic rings. The Hall–Kier alpha value is -1.46. The van der Waals surface area contributed by atoms with Gasteiger partial charge in [0.25, 0.3) is 0 Å². The van der Waals surface area contributed by atoms with Crippen molar-refractivity contribution in [1.29, 1.82) is 0 Å². The van der Waals surface area contributed by atoms with Crippen LogP contribution in [0.1, 0.15) is 23.7 Å². The Labute approximate surface area is 118 Å². The van der Waals surface area contributed by atoms with Gasteiger partial charge in [0.15, 0.2) is 5.78 Å². The van der Waals surface area contributed by atoms with Crippen LogP contribution in [0, 0.1) is 5.82 Å². The second kappa shape index (κ2) is 6.81. The third-order valence-corrected chi connectivity index (χ3v) is 3.69. The van der Waals surface area contributed by atoms with Crippen LogP contribution in [0.2, 0.25) is 0 Å². The number of rotatable bonds is 4. The van der Waals surface area contributed by atoms with Gasteiger partial charge < -0.3 is 10.0 Å². The van der Waals surface area contributed by atoms with Gasteiger partial charge in [-0.05, 0) is 32.0 Å². The maximum Gasteiger partial charge on any atom is 0.161 e. The first-order valence-electron chi connectivity index (χ1n) is 7.01. The molecule has 0 unspecified atom stereocenters. The van der Waals surface area contributed by atoms with Crippen molar-refractivity contribution in [3.8, 4) is 0 Å². The largest absolute Gasteiger partial charge is 0.395 e. The van der Waals surface area contributed by atoms with Gasteiger partial charge in [-0.25, -0.2) is 4.39 Å². The summed E-state index contributed by atoms with van der Waals surface area (Å²) >= 11 is 0. The van der Waals surface area contributed by atoms with E-state index in [9.17, 15) is 9.18 Å².